The van der Waals surface area contributed by atoms with Crippen LogP contribution < -0.4 is 15.4 Å². The normalized spacial score (nSPS) is 11.5. The van der Waals surface area contributed by atoms with Crippen LogP contribution in [0.5, 0.6) is 5.75 Å². The Labute approximate surface area is 189 Å². The molecule has 1 heterocycles. The molecule has 1 aromatic heterocycles. The molecule has 0 atom stereocenters. The Morgan fingerprint density at radius 1 is 1.25 bits per heavy atom. The molecular weight excluding hydrogens is 437 g/mol. The fourth-order valence-electron chi connectivity index (χ4n) is 2.96. The van der Waals surface area contributed by atoms with Gasteiger partial charge in [0.25, 0.3) is 5.91 Å². The summed E-state index contributed by atoms with van der Waals surface area (Å²) in [4.78, 5) is 25.0. The lowest BCUT2D eigenvalue weighted by atomic mass is 10.1. The standard InChI is InChI=1S/C22H23ClFN5O3/c1-13(25-7-8-31-2)22(30)26-11-14-9-15-18(10-19(14)32-3)27-12-28-21(15)29-17-6-4-5-16(23)20(17)24/h4-6,9-10,12H,7-8,11H2,1-3H3,(H,26,30)(H,27,28,29). The van der Waals surface area contributed by atoms with E-state index in [0.717, 1.165) is 0 Å². The zero-order chi connectivity index (χ0) is 23.1. The van der Waals surface area contributed by atoms with Crippen LogP contribution in [0.4, 0.5) is 15.9 Å². The number of hydrogen-bond donors (Lipinski definition) is 2. The second kappa shape index (κ2) is 10.8. The molecule has 3 aromatic rings. The van der Waals surface area contributed by atoms with E-state index in [1.165, 1.54) is 19.5 Å². The number of carbonyl (C=O) groups is 1. The van der Waals surface area contributed by atoms with Crippen molar-refractivity contribution in [3.8, 4) is 5.75 Å². The number of aliphatic imine (C=N–C) groups is 1. The Balaban J connectivity index is 1.88. The van der Waals surface area contributed by atoms with Crippen LogP contribution in [0.2, 0.25) is 5.02 Å². The topological polar surface area (TPSA) is 97.7 Å². The zero-order valence-corrected chi connectivity index (χ0v) is 18.7. The number of ether oxygens (including phenoxy) is 2. The molecule has 0 saturated heterocycles. The summed E-state index contributed by atoms with van der Waals surface area (Å²) in [7, 11) is 3.11. The molecule has 2 N–H and O–H groups in total. The van der Waals surface area contributed by atoms with Gasteiger partial charge in [-0.3, -0.25) is 9.79 Å². The molecule has 3 rings (SSSR count). The van der Waals surface area contributed by atoms with Crippen molar-refractivity contribution in [3.63, 3.8) is 0 Å². The minimum atomic E-state index is -0.579. The lowest BCUT2D eigenvalue weighted by Gasteiger charge is -2.14. The van der Waals surface area contributed by atoms with Crippen molar-refractivity contribution in [2.45, 2.75) is 13.5 Å². The maximum Gasteiger partial charge on any atom is 0.265 e. The molecular formula is C22H23ClFN5O3. The minimum Gasteiger partial charge on any atom is -0.496 e. The van der Waals surface area contributed by atoms with Crippen LogP contribution in [0.15, 0.2) is 41.7 Å². The first kappa shape index (κ1) is 23.4. The van der Waals surface area contributed by atoms with Gasteiger partial charge in [0.1, 0.15) is 17.9 Å². The lowest BCUT2D eigenvalue weighted by Crippen LogP contribution is -2.29. The van der Waals surface area contributed by atoms with E-state index in [0.29, 0.717) is 46.9 Å². The Bertz CT molecular complexity index is 1160. The number of carbonyl (C=O) groups excluding carboxylic acids is 1. The molecule has 1 amide bonds. The van der Waals surface area contributed by atoms with Crippen molar-refractivity contribution in [1.29, 1.82) is 0 Å². The largest absolute Gasteiger partial charge is 0.496 e. The van der Waals surface area contributed by atoms with Gasteiger partial charge >= 0.3 is 0 Å². The van der Waals surface area contributed by atoms with Crippen LogP contribution >= 0.6 is 11.6 Å². The molecule has 0 aliphatic rings. The number of aromatic nitrogens is 2. The SMILES string of the molecule is COCCN=C(C)C(=O)NCc1cc2c(Nc3cccc(Cl)c3F)ncnc2cc1OC. The lowest BCUT2D eigenvalue weighted by molar-refractivity contribution is -0.115. The van der Waals surface area contributed by atoms with E-state index in [1.54, 1.807) is 38.3 Å². The Hall–Kier alpha value is -3.30. The summed E-state index contributed by atoms with van der Waals surface area (Å²) in [5.74, 6) is 0.0612. The van der Waals surface area contributed by atoms with Crippen LogP contribution in [-0.4, -0.2) is 49.0 Å². The summed E-state index contributed by atoms with van der Waals surface area (Å²) in [6.07, 6.45) is 1.37. The maximum absolute atomic E-state index is 14.4. The van der Waals surface area contributed by atoms with Crippen molar-refractivity contribution >= 4 is 45.6 Å². The second-order valence-electron chi connectivity index (χ2n) is 6.77. The monoisotopic (exact) mass is 459 g/mol. The number of hydrogen-bond acceptors (Lipinski definition) is 7. The maximum atomic E-state index is 14.4. The number of anilines is 2. The van der Waals surface area contributed by atoms with Gasteiger partial charge in [-0.25, -0.2) is 14.4 Å². The molecule has 2 aromatic carbocycles. The van der Waals surface area contributed by atoms with Gasteiger partial charge in [-0.1, -0.05) is 17.7 Å². The van der Waals surface area contributed by atoms with E-state index < -0.39 is 5.82 Å². The van der Waals surface area contributed by atoms with Crippen molar-refractivity contribution in [2.75, 3.05) is 32.7 Å². The Morgan fingerprint density at radius 2 is 2.06 bits per heavy atom. The smallest absolute Gasteiger partial charge is 0.265 e. The Kier molecular flexibility index (Phi) is 7.91. The number of amides is 1. The van der Waals surface area contributed by atoms with E-state index in [4.69, 9.17) is 21.1 Å². The van der Waals surface area contributed by atoms with Crippen molar-refractivity contribution in [1.82, 2.24) is 15.3 Å². The zero-order valence-electron chi connectivity index (χ0n) is 17.9. The molecule has 168 valence electrons. The van der Waals surface area contributed by atoms with Crippen molar-refractivity contribution in [2.24, 2.45) is 4.99 Å². The van der Waals surface area contributed by atoms with Crippen LogP contribution in [0, 0.1) is 5.82 Å². The third-order valence-corrected chi connectivity index (χ3v) is 4.95. The van der Waals surface area contributed by atoms with Crippen LogP contribution in [0.3, 0.4) is 0 Å². The molecule has 0 radical (unpaired) electrons. The highest BCUT2D eigenvalue weighted by Crippen LogP contribution is 2.31. The molecule has 32 heavy (non-hydrogen) atoms. The summed E-state index contributed by atoms with van der Waals surface area (Å²) in [5.41, 5.74) is 1.83. The van der Waals surface area contributed by atoms with Crippen molar-refractivity contribution in [3.05, 3.63) is 53.1 Å². The van der Waals surface area contributed by atoms with Gasteiger partial charge < -0.3 is 20.1 Å². The van der Waals surface area contributed by atoms with Gasteiger partial charge in [0, 0.05) is 30.7 Å². The van der Waals surface area contributed by atoms with Crippen LogP contribution in [-0.2, 0) is 16.1 Å². The van der Waals surface area contributed by atoms with Gasteiger partial charge in [0.15, 0.2) is 5.82 Å². The number of rotatable bonds is 9. The molecule has 8 nitrogen and oxygen atoms in total. The average Bonchev–Trinajstić information content (AvgIpc) is 2.80. The molecule has 0 unspecified atom stereocenters. The van der Waals surface area contributed by atoms with Crippen LogP contribution in [0.1, 0.15) is 12.5 Å². The molecule has 0 fully saturated rings. The molecule has 0 aliphatic heterocycles. The van der Waals surface area contributed by atoms with Crippen molar-refractivity contribution < 1.29 is 18.7 Å². The van der Waals surface area contributed by atoms with E-state index in [-0.39, 0.29) is 23.2 Å². The van der Waals surface area contributed by atoms with Gasteiger partial charge in [0.2, 0.25) is 0 Å². The summed E-state index contributed by atoms with van der Waals surface area (Å²) in [5, 5.41) is 6.41. The van der Waals surface area contributed by atoms with E-state index in [1.807, 2.05) is 0 Å². The highest BCUT2D eigenvalue weighted by atomic mass is 35.5. The number of benzene rings is 2. The summed E-state index contributed by atoms with van der Waals surface area (Å²) < 4.78 is 24.8. The average molecular weight is 460 g/mol. The molecule has 0 bridgehead atoms. The molecule has 10 heteroatoms. The predicted molar refractivity (Wildman–Crippen MR) is 122 cm³/mol. The quantitative estimate of drug-likeness (QED) is 0.372. The highest BCUT2D eigenvalue weighted by Gasteiger charge is 2.14. The Morgan fingerprint density at radius 3 is 2.81 bits per heavy atom. The number of nitrogens with one attached hydrogen (secondary N) is 2. The minimum absolute atomic E-state index is 0.000894. The first-order valence-electron chi connectivity index (χ1n) is 9.75. The molecule has 0 spiro atoms. The fraction of sp³-hybridized carbons (Fsp3) is 0.273. The van der Waals surface area contributed by atoms with E-state index in [9.17, 15) is 9.18 Å². The highest BCUT2D eigenvalue weighted by molar-refractivity contribution is 6.37. The predicted octanol–water partition coefficient (Wildman–Crippen LogP) is 3.90. The number of halogens is 2. The fourth-order valence-corrected chi connectivity index (χ4v) is 3.14. The summed E-state index contributed by atoms with van der Waals surface area (Å²) in [6.45, 7) is 2.67. The third-order valence-electron chi connectivity index (χ3n) is 4.65. The number of nitrogens with zero attached hydrogens (tertiary/aromatic N) is 3. The van der Waals surface area contributed by atoms with Gasteiger partial charge in [0.05, 0.1) is 42.2 Å². The van der Waals surface area contributed by atoms with Crippen LogP contribution in [0.25, 0.3) is 10.9 Å². The van der Waals surface area contributed by atoms with Gasteiger partial charge in [-0.15, -0.1) is 0 Å². The second-order valence-corrected chi connectivity index (χ2v) is 7.18. The van der Waals surface area contributed by atoms with Gasteiger partial charge in [-0.05, 0) is 25.1 Å². The first-order valence-corrected chi connectivity index (χ1v) is 10.1. The number of fused-ring (bicyclic) bond motifs is 1. The van der Waals surface area contributed by atoms with E-state index in [2.05, 4.69) is 25.6 Å². The summed E-state index contributed by atoms with van der Waals surface area (Å²) in [6, 6.07) is 8.18. The molecule has 0 aliphatic carbocycles. The van der Waals surface area contributed by atoms with Gasteiger partial charge in [-0.2, -0.15) is 0 Å². The molecule has 0 saturated carbocycles. The van der Waals surface area contributed by atoms with E-state index >= 15 is 0 Å². The third kappa shape index (κ3) is 5.49. The summed E-state index contributed by atoms with van der Waals surface area (Å²) >= 11 is 5.88. The first-order chi connectivity index (χ1) is 15.4. The number of methoxy groups -OCH3 is 2.